The smallest absolute Gasteiger partial charge is 0.387 e. The fourth-order valence-electron chi connectivity index (χ4n) is 3.56. The van der Waals surface area contributed by atoms with Crippen LogP contribution in [-0.4, -0.2) is 27.1 Å². The second-order valence-corrected chi connectivity index (χ2v) is 6.94. The molecule has 30 heavy (non-hydrogen) atoms. The van der Waals surface area contributed by atoms with E-state index in [1.807, 2.05) is 38.1 Å². The lowest BCUT2D eigenvalue weighted by atomic mass is 10.1. The van der Waals surface area contributed by atoms with Gasteiger partial charge in [-0.05, 0) is 50.1 Å². The summed E-state index contributed by atoms with van der Waals surface area (Å²) in [6, 6.07) is 13.9. The number of ether oxygens (including phenoxy) is 1. The number of aromatic nitrogens is 3. The summed E-state index contributed by atoms with van der Waals surface area (Å²) in [6.07, 6.45) is 0.610. The Morgan fingerprint density at radius 2 is 1.87 bits per heavy atom. The molecule has 6 nitrogen and oxygen atoms in total. The number of para-hydroxylation sites is 2. The van der Waals surface area contributed by atoms with Crippen LogP contribution in [-0.2, 0) is 11.2 Å². The van der Waals surface area contributed by atoms with E-state index in [0.29, 0.717) is 6.42 Å². The molecule has 4 rings (SSSR count). The summed E-state index contributed by atoms with van der Waals surface area (Å²) in [6.45, 7) is 0.899. The van der Waals surface area contributed by atoms with E-state index in [2.05, 4.69) is 15.2 Å². The van der Waals surface area contributed by atoms with Gasteiger partial charge in [0.15, 0.2) is 5.65 Å². The Morgan fingerprint density at radius 3 is 2.67 bits per heavy atom. The van der Waals surface area contributed by atoms with E-state index >= 15 is 0 Å². The predicted octanol–water partition coefficient (Wildman–Crippen LogP) is 4.67. The highest BCUT2D eigenvalue weighted by Gasteiger charge is 2.16. The first-order chi connectivity index (χ1) is 14.4. The third-order valence-electron chi connectivity index (χ3n) is 5.00. The van der Waals surface area contributed by atoms with Gasteiger partial charge in [0.1, 0.15) is 5.75 Å². The molecule has 0 bridgehead atoms. The van der Waals surface area contributed by atoms with Gasteiger partial charge < -0.3 is 10.1 Å². The van der Waals surface area contributed by atoms with Crippen molar-refractivity contribution in [2.24, 2.45) is 0 Å². The first-order valence-electron chi connectivity index (χ1n) is 9.51. The number of nitrogens with one attached hydrogen (secondary N) is 1. The number of carbonyl (C=O) groups excluding carboxylic acids is 1. The van der Waals surface area contributed by atoms with Gasteiger partial charge in [-0.3, -0.25) is 4.79 Å². The summed E-state index contributed by atoms with van der Waals surface area (Å²) in [5, 5.41) is 8.24. The standard InChI is InChI=1S/C22H20F2N4O2/c1-13-15(14(2)28-21(25-13)16-7-3-4-8-17(16)27-28)11-12-20(29)26-18-9-5-6-10-19(18)30-22(23)24/h3-10,22H,11-12H2,1-2H3,(H,26,29). The van der Waals surface area contributed by atoms with Crippen LogP contribution < -0.4 is 10.1 Å². The molecule has 1 N–H and O–H groups in total. The lowest BCUT2D eigenvalue weighted by molar-refractivity contribution is -0.116. The summed E-state index contributed by atoms with van der Waals surface area (Å²) in [5.74, 6) is -0.371. The van der Waals surface area contributed by atoms with E-state index in [1.165, 1.54) is 12.1 Å². The Kier molecular flexibility index (Phi) is 5.31. The van der Waals surface area contributed by atoms with Gasteiger partial charge in [-0.1, -0.05) is 24.3 Å². The summed E-state index contributed by atoms with van der Waals surface area (Å²) in [5.41, 5.74) is 4.54. The van der Waals surface area contributed by atoms with Crippen molar-refractivity contribution in [1.82, 2.24) is 14.6 Å². The third kappa shape index (κ3) is 3.80. The highest BCUT2D eigenvalue weighted by molar-refractivity contribution is 5.93. The normalized spacial score (nSPS) is 11.4. The van der Waals surface area contributed by atoms with Crippen LogP contribution in [0.2, 0.25) is 0 Å². The number of aryl methyl sites for hydroxylation is 2. The van der Waals surface area contributed by atoms with Crippen molar-refractivity contribution in [2.45, 2.75) is 33.3 Å². The first kappa shape index (κ1) is 19.8. The molecule has 2 aromatic heterocycles. The van der Waals surface area contributed by atoms with Crippen LogP contribution >= 0.6 is 0 Å². The van der Waals surface area contributed by atoms with E-state index in [-0.39, 0.29) is 23.8 Å². The summed E-state index contributed by atoms with van der Waals surface area (Å²) >= 11 is 0. The minimum absolute atomic E-state index is 0.0699. The number of halogens is 2. The Bertz CT molecular complexity index is 1240. The number of nitrogens with zero attached hydrogens (tertiary/aromatic N) is 3. The SMILES string of the molecule is Cc1nc2c3ccccc3nn2c(C)c1CCC(=O)Nc1ccccc1OC(F)F. The fraction of sp³-hybridized carbons (Fsp3) is 0.227. The van der Waals surface area contributed by atoms with Gasteiger partial charge in [0.05, 0.1) is 11.2 Å². The van der Waals surface area contributed by atoms with E-state index in [0.717, 1.165) is 33.5 Å². The van der Waals surface area contributed by atoms with Gasteiger partial charge in [-0.2, -0.15) is 13.9 Å². The van der Waals surface area contributed by atoms with Crippen LogP contribution in [0.1, 0.15) is 23.4 Å². The Labute approximate surface area is 171 Å². The Balaban J connectivity index is 1.54. The number of hydrogen-bond donors (Lipinski definition) is 1. The van der Waals surface area contributed by atoms with Gasteiger partial charge in [0, 0.05) is 23.2 Å². The Morgan fingerprint density at radius 1 is 1.13 bits per heavy atom. The molecule has 1 amide bonds. The molecule has 0 aliphatic rings. The maximum atomic E-state index is 12.6. The van der Waals surface area contributed by atoms with E-state index in [9.17, 15) is 13.6 Å². The fourth-order valence-corrected chi connectivity index (χ4v) is 3.56. The van der Waals surface area contributed by atoms with Crippen molar-refractivity contribution in [1.29, 1.82) is 0 Å². The van der Waals surface area contributed by atoms with Gasteiger partial charge in [-0.15, -0.1) is 0 Å². The molecule has 0 unspecified atom stereocenters. The molecule has 2 aromatic carbocycles. The molecule has 2 heterocycles. The van der Waals surface area contributed by atoms with Crippen molar-refractivity contribution < 1.29 is 18.3 Å². The topological polar surface area (TPSA) is 68.5 Å². The quantitative estimate of drug-likeness (QED) is 0.502. The van der Waals surface area contributed by atoms with Crippen molar-refractivity contribution >= 4 is 28.1 Å². The first-order valence-corrected chi connectivity index (χ1v) is 9.51. The number of rotatable bonds is 6. The maximum absolute atomic E-state index is 12.6. The minimum atomic E-state index is -2.96. The van der Waals surface area contributed by atoms with E-state index in [1.54, 1.807) is 16.6 Å². The highest BCUT2D eigenvalue weighted by Crippen LogP contribution is 2.26. The van der Waals surface area contributed by atoms with E-state index < -0.39 is 6.61 Å². The molecule has 0 aliphatic heterocycles. The molecule has 0 saturated heterocycles. The largest absolute Gasteiger partial charge is 0.433 e. The molecule has 0 atom stereocenters. The molecular weight excluding hydrogens is 390 g/mol. The number of fused-ring (bicyclic) bond motifs is 3. The molecule has 0 aliphatic carbocycles. The van der Waals surface area contributed by atoms with Gasteiger partial charge in [0.25, 0.3) is 0 Å². The third-order valence-corrected chi connectivity index (χ3v) is 5.00. The van der Waals surface area contributed by atoms with Gasteiger partial charge >= 0.3 is 6.61 Å². The van der Waals surface area contributed by atoms with Gasteiger partial charge in [0.2, 0.25) is 5.91 Å². The van der Waals surface area contributed by atoms with Crippen LogP contribution in [0.3, 0.4) is 0 Å². The van der Waals surface area contributed by atoms with Crippen molar-refractivity contribution in [3.05, 3.63) is 65.5 Å². The molecule has 0 spiro atoms. The molecule has 0 radical (unpaired) electrons. The number of alkyl halides is 2. The van der Waals surface area contributed by atoms with Crippen molar-refractivity contribution in [3.8, 4) is 5.75 Å². The number of amides is 1. The van der Waals surface area contributed by atoms with Crippen molar-refractivity contribution in [2.75, 3.05) is 5.32 Å². The monoisotopic (exact) mass is 410 g/mol. The molecule has 154 valence electrons. The molecular formula is C22H20F2N4O2. The molecule has 8 heteroatoms. The summed E-state index contributed by atoms with van der Waals surface area (Å²) in [4.78, 5) is 17.2. The number of benzene rings is 2. The van der Waals surface area contributed by atoms with E-state index in [4.69, 9.17) is 4.98 Å². The molecule has 4 aromatic rings. The number of hydrogen-bond acceptors (Lipinski definition) is 4. The average molecular weight is 410 g/mol. The number of anilines is 1. The van der Waals surface area contributed by atoms with Gasteiger partial charge in [-0.25, -0.2) is 9.50 Å². The lowest BCUT2D eigenvalue weighted by Crippen LogP contribution is -2.15. The Hall–Kier alpha value is -3.55. The zero-order valence-corrected chi connectivity index (χ0v) is 16.5. The highest BCUT2D eigenvalue weighted by atomic mass is 19.3. The molecule has 0 fully saturated rings. The van der Waals surface area contributed by atoms with Crippen LogP contribution in [0.5, 0.6) is 5.75 Å². The minimum Gasteiger partial charge on any atom is -0.433 e. The predicted molar refractivity (Wildman–Crippen MR) is 110 cm³/mol. The zero-order chi connectivity index (χ0) is 21.3. The van der Waals surface area contributed by atoms with Crippen LogP contribution in [0, 0.1) is 13.8 Å². The molecule has 0 saturated carbocycles. The maximum Gasteiger partial charge on any atom is 0.387 e. The summed E-state index contributed by atoms with van der Waals surface area (Å²) in [7, 11) is 0. The van der Waals surface area contributed by atoms with Crippen molar-refractivity contribution in [3.63, 3.8) is 0 Å². The second kappa shape index (κ2) is 8.06. The lowest BCUT2D eigenvalue weighted by Gasteiger charge is -2.13. The second-order valence-electron chi connectivity index (χ2n) is 6.94. The average Bonchev–Trinajstić information content (AvgIpc) is 3.08. The zero-order valence-electron chi connectivity index (χ0n) is 16.5. The van der Waals surface area contributed by atoms with Crippen LogP contribution in [0.15, 0.2) is 48.5 Å². The van der Waals surface area contributed by atoms with Crippen LogP contribution in [0.4, 0.5) is 14.5 Å². The van der Waals surface area contributed by atoms with Crippen LogP contribution in [0.25, 0.3) is 16.6 Å². The number of carbonyl (C=O) groups is 1. The summed E-state index contributed by atoms with van der Waals surface area (Å²) < 4.78 is 31.4.